The third-order valence-electron chi connectivity index (χ3n) is 6.15. The molecular formula is C23H21ClFN7O2. The summed E-state index contributed by atoms with van der Waals surface area (Å²) in [7, 11) is 0. The Morgan fingerprint density at radius 2 is 2.06 bits per heavy atom. The Balaban J connectivity index is 1.43. The predicted molar refractivity (Wildman–Crippen MR) is 124 cm³/mol. The molecule has 0 amide bonds. The second-order valence-corrected chi connectivity index (χ2v) is 9.22. The number of H-pyrrole nitrogens is 1. The molecule has 1 saturated heterocycles. The highest BCUT2D eigenvalue weighted by molar-refractivity contribution is 6.30. The quantitative estimate of drug-likeness (QED) is 0.474. The van der Waals surface area contributed by atoms with Crippen molar-refractivity contribution in [2.45, 2.75) is 38.0 Å². The molecule has 1 N–H and O–H groups in total. The number of aromatic nitrogens is 6. The number of nitrogens with one attached hydrogen (secondary N) is 1. The third kappa shape index (κ3) is 3.82. The number of morpholine rings is 1. The number of hydrogen-bond acceptors (Lipinski definition) is 7. The third-order valence-corrected chi connectivity index (χ3v) is 6.39. The normalized spacial score (nSPS) is 20.7. The van der Waals surface area contributed by atoms with E-state index in [9.17, 15) is 9.18 Å². The maximum absolute atomic E-state index is 14.9. The van der Waals surface area contributed by atoms with Gasteiger partial charge in [0.25, 0.3) is 5.56 Å². The fraction of sp³-hybridized carbons (Fsp3) is 0.348. The van der Waals surface area contributed by atoms with Gasteiger partial charge in [0.15, 0.2) is 0 Å². The van der Waals surface area contributed by atoms with E-state index in [1.807, 2.05) is 28.9 Å². The smallest absolute Gasteiger partial charge is 0.290 e. The fourth-order valence-electron chi connectivity index (χ4n) is 4.35. The highest BCUT2D eigenvalue weighted by atomic mass is 35.5. The van der Waals surface area contributed by atoms with Gasteiger partial charge in [-0.2, -0.15) is 10.2 Å². The first-order valence-electron chi connectivity index (χ1n) is 11.1. The van der Waals surface area contributed by atoms with Gasteiger partial charge in [-0.25, -0.2) is 19.5 Å². The molecule has 0 unspecified atom stereocenters. The van der Waals surface area contributed by atoms with Gasteiger partial charge in [0, 0.05) is 28.9 Å². The van der Waals surface area contributed by atoms with Crippen LogP contribution >= 0.6 is 11.6 Å². The Morgan fingerprint density at radius 1 is 1.21 bits per heavy atom. The summed E-state index contributed by atoms with van der Waals surface area (Å²) in [4.78, 5) is 23.8. The minimum atomic E-state index is -0.542. The second kappa shape index (κ2) is 8.14. The lowest BCUT2D eigenvalue weighted by molar-refractivity contribution is -0.0178. The van der Waals surface area contributed by atoms with Crippen LogP contribution in [0.25, 0.3) is 22.2 Å². The van der Waals surface area contributed by atoms with Crippen molar-refractivity contribution in [1.29, 1.82) is 0 Å². The van der Waals surface area contributed by atoms with Crippen LogP contribution in [0.1, 0.15) is 37.5 Å². The standard InChI is InChI=1S/C23H21ClFN7O2/c1-12-9-31(11-19(34-12)13-7-27-32(10-13)15-3-4-15)23-28-20(16-5-2-14(24)6-18(16)25)17-8-26-30-22(33)21(17)29-23/h2,5-8,10,12,15,19H,3-4,9,11H2,1H3,(H,30,33)/t12-,19-/m1/s1. The fourth-order valence-corrected chi connectivity index (χ4v) is 4.51. The molecule has 4 heterocycles. The number of halogens is 2. The lowest BCUT2D eigenvalue weighted by Crippen LogP contribution is -2.43. The molecule has 34 heavy (non-hydrogen) atoms. The molecule has 4 aromatic rings. The number of ether oxygens (including phenoxy) is 1. The van der Waals surface area contributed by atoms with Crippen LogP contribution in [-0.2, 0) is 4.74 Å². The zero-order chi connectivity index (χ0) is 23.4. The van der Waals surface area contributed by atoms with Crippen molar-refractivity contribution in [3.05, 3.63) is 63.5 Å². The van der Waals surface area contributed by atoms with Crippen LogP contribution in [0.4, 0.5) is 10.3 Å². The number of benzene rings is 1. The maximum Gasteiger partial charge on any atom is 0.290 e. The molecule has 1 aliphatic carbocycles. The van der Waals surface area contributed by atoms with Gasteiger partial charge in [0.05, 0.1) is 42.2 Å². The number of anilines is 1. The summed E-state index contributed by atoms with van der Waals surface area (Å²) in [6, 6.07) is 4.82. The zero-order valence-corrected chi connectivity index (χ0v) is 19.0. The molecule has 2 fully saturated rings. The Kier molecular flexibility index (Phi) is 5.07. The van der Waals surface area contributed by atoms with Gasteiger partial charge in [-0.15, -0.1) is 0 Å². The van der Waals surface area contributed by atoms with Crippen LogP contribution in [0.3, 0.4) is 0 Å². The SMILES string of the molecule is C[C@@H]1CN(c2nc(-c3ccc(Cl)cc3F)c3cn[nH]c(=O)c3n2)C[C@H](c2cnn(C3CC3)c2)O1. The zero-order valence-electron chi connectivity index (χ0n) is 18.3. The number of rotatable bonds is 4. The molecule has 1 aromatic carbocycles. The van der Waals surface area contributed by atoms with Crippen molar-refractivity contribution < 1.29 is 9.13 Å². The molecule has 9 nitrogen and oxygen atoms in total. The van der Waals surface area contributed by atoms with Gasteiger partial charge in [-0.1, -0.05) is 11.6 Å². The van der Waals surface area contributed by atoms with E-state index in [-0.39, 0.29) is 34.0 Å². The van der Waals surface area contributed by atoms with Crippen molar-refractivity contribution >= 4 is 28.5 Å². The Hall–Kier alpha value is -3.37. The highest BCUT2D eigenvalue weighted by Gasteiger charge is 2.31. The highest BCUT2D eigenvalue weighted by Crippen LogP contribution is 2.36. The van der Waals surface area contributed by atoms with Gasteiger partial charge < -0.3 is 9.64 Å². The summed E-state index contributed by atoms with van der Waals surface area (Å²) in [5.74, 6) is -0.220. The van der Waals surface area contributed by atoms with Crippen molar-refractivity contribution in [1.82, 2.24) is 29.9 Å². The summed E-state index contributed by atoms with van der Waals surface area (Å²) in [6.07, 6.45) is 7.24. The predicted octanol–water partition coefficient (Wildman–Crippen LogP) is 3.67. The molecule has 11 heteroatoms. The van der Waals surface area contributed by atoms with Crippen molar-refractivity contribution in [3.8, 4) is 11.3 Å². The van der Waals surface area contributed by atoms with Crippen LogP contribution in [0.5, 0.6) is 0 Å². The summed E-state index contributed by atoms with van der Waals surface area (Å²) in [5, 5.41) is 11.4. The lowest BCUT2D eigenvalue weighted by atomic mass is 10.1. The molecule has 0 radical (unpaired) electrons. The molecule has 2 aliphatic rings. The Labute approximate surface area is 198 Å². The van der Waals surface area contributed by atoms with E-state index in [1.165, 1.54) is 12.3 Å². The largest absolute Gasteiger partial charge is 0.367 e. The Morgan fingerprint density at radius 3 is 2.85 bits per heavy atom. The van der Waals surface area contributed by atoms with Gasteiger partial charge in [-0.3, -0.25) is 9.48 Å². The topological polar surface area (TPSA) is 102 Å². The van der Waals surface area contributed by atoms with Gasteiger partial charge in [0.1, 0.15) is 17.4 Å². The maximum atomic E-state index is 14.9. The molecule has 6 rings (SSSR count). The van der Waals surface area contributed by atoms with E-state index in [0.29, 0.717) is 30.5 Å². The monoisotopic (exact) mass is 481 g/mol. The molecule has 1 saturated carbocycles. The van der Waals surface area contributed by atoms with Crippen molar-refractivity contribution in [2.75, 3.05) is 18.0 Å². The summed E-state index contributed by atoms with van der Waals surface area (Å²) < 4.78 is 23.0. The second-order valence-electron chi connectivity index (χ2n) is 8.78. The van der Waals surface area contributed by atoms with E-state index in [0.717, 1.165) is 18.4 Å². The molecule has 0 spiro atoms. The van der Waals surface area contributed by atoms with E-state index in [1.54, 1.807) is 12.1 Å². The summed E-state index contributed by atoms with van der Waals surface area (Å²) >= 11 is 5.95. The van der Waals surface area contributed by atoms with Crippen LogP contribution < -0.4 is 10.5 Å². The van der Waals surface area contributed by atoms with E-state index in [4.69, 9.17) is 21.3 Å². The minimum Gasteiger partial charge on any atom is -0.367 e. The van der Waals surface area contributed by atoms with Crippen LogP contribution in [0.2, 0.25) is 5.02 Å². The first-order chi connectivity index (χ1) is 16.5. The lowest BCUT2D eigenvalue weighted by Gasteiger charge is -2.36. The van der Waals surface area contributed by atoms with Crippen molar-refractivity contribution in [2.24, 2.45) is 0 Å². The molecule has 174 valence electrons. The number of hydrogen-bond donors (Lipinski definition) is 1. The number of aromatic amines is 1. The van der Waals surface area contributed by atoms with Crippen molar-refractivity contribution in [3.63, 3.8) is 0 Å². The van der Waals surface area contributed by atoms with Crippen LogP contribution in [-0.4, -0.2) is 49.1 Å². The minimum absolute atomic E-state index is 0.117. The summed E-state index contributed by atoms with van der Waals surface area (Å²) in [5.41, 5.74) is 1.15. The Bertz CT molecular complexity index is 1450. The molecule has 2 atom stereocenters. The van der Waals surface area contributed by atoms with Gasteiger partial charge >= 0.3 is 0 Å². The van der Waals surface area contributed by atoms with Crippen LogP contribution in [0.15, 0.2) is 41.6 Å². The van der Waals surface area contributed by atoms with Gasteiger partial charge in [0.2, 0.25) is 5.95 Å². The summed E-state index contributed by atoms with van der Waals surface area (Å²) in [6.45, 7) is 2.96. The van der Waals surface area contributed by atoms with Crippen LogP contribution in [0, 0.1) is 5.82 Å². The molecular weight excluding hydrogens is 461 g/mol. The van der Waals surface area contributed by atoms with Gasteiger partial charge in [-0.05, 0) is 38.0 Å². The van der Waals surface area contributed by atoms with E-state index < -0.39 is 11.4 Å². The van der Waals surface area contributed by atoms with E-state index >= 15 is 0 Å². The average molecular weight is 482 g/mol. The average Bonchev–Trinajstić information content (AvgIpc) is 3.55. The molecule has 0 bridgehead atoms. The number of nitrogens with zero attached hydrogens (tertiary/aromatic N) is 6. The first kappa shape index (κ1) is 21.2. The molecule has 1 aliphatic heterocycles. The first-order valence-corrected chi connectivity index (χ1v) is 11.5. The molecule has 3 aromatic heterocycles. The number of fused-ring (bicyclic) bond motifs is 1. The van der Waals surface area contributed by atoms with E-state index in [2.05, 4.69) is 20.3 Å².